The van der Waals surface area contributed by atoms with E-state index in [2.05, 4.69) is 53.6 Å². The molecule has 0 saturated carbocycles. The van der Waals surface area contributed by atoms with Gasteiger partial charge in [-0.05, 0) is 44.4 Å². The minimum Gasteiger partial charge on any atom is -0.390 e. The predicted octanol–water partition coefficient (Wildman–Crippen LogP) is 4.39. The molecule has 29 heavy (non-hydrogen) atoms. The molecule has 1 aromatic heterocycles. The van der Waals surface area contributed by atoms with E-state index in [1.807, 2.05) is 25.3 Å². The van der Waals surface area contributed by atoms with Crippen LogP contribution in [0.1, 0.15) is 33.5 Å². The van der Waals surface area contributed by atoms with Gasteiger partial charge in [-0.2, -0.15) is 0 Å². The zero-order valence-corrected chi connectivity index (χ0v) is 18.1. The van der Waals surface area contributed by atoms with Gasteiger partial charge in [0.15, 0.2) is 5.16 Å². The maximum Gasteiger partial charge on any atom is 0.234 e. The highest BCUT2D eigenvalue weighted by molar-refractivity contribution is 7.99. The van der Waals surface area contributed by atoms with E-state index in [0.717, 1.165) is 33.2 Å². The van der Waals surface area contributed by atoms with E-state index in [0.29, 0.717) is 6.54 Å². The third-order valence-corrected chi connectivity index (χ3v) is 5.79. The van der Waals surface area contributed by atoms with Gasteiger partial charge < -0.3 is 15.0 Å². The predicted molar refractivity (Wildman–Crippen MR) is 118 cm³/mol. The van der Waals surface area contributed by atoms with E-state index in [9.17, 15) is 9.90 Å². The first-order valence-electron chi connectivity index (χ1n) is 9.58. The van der Waals surface area contributed by atoms with Crippen LogP contribution in [0.15, 0.2) is 47.8 Å². The van der Waals surface area contributed by atoms with Crippen molar-refractivity contribution in [3.8, 4) is 0 Å². The Kier molecular flexibility index (Phi) is 6.77. The van der Waals surface area contributed by atoms with Crippen molar-refractivity contribution >= 4 is 23.4 Å². The second-order valence-electron chi connectivity index (χ2n) is 7.37. The lowest BCUT2D eigenvalue weighted by molar-refractivity contribution is -0.113. The van der Waals surface area contributed by atoms with Crippen LogP contribution < -0.4 is 5.32 Å². The number of carbonyl (C=O) groups is 1. The maximum atomic E-state index is 12.5. The topological polar surface area (TPSA) is 67.1 Å². The number of nitrogens with one attached hydrogen (secondary N) is 1. The molecule has 3 rings (SSSR count). The summed E-state index contributed by atoms with van der Waals surface area (Å²) in [5, 5.41) is 13.4. The molecule has 0 bridgehead atoms. The number of aromatic nitrogens is 2. The fourth-order valence-electron chi connectivity index (χ4n) is 3.36. The maximum absolute atomic E-state index is 12.5. The summed E-state index contributed by atoms with van der Waals surface area (Å²) < 4.78 is 1.96. The van der Waals surface area contributed by atoms with Crippen LogP contribution in [0.5, 0.6) is 0 Å². The Balaban J connectivity index is 1.70. The summed E-state index contributed by atoms with van der Waals surface area (Å²) in [4.78, 5) is 17.0. The van der Waals surface area contributed by atoms with Gasteiger partial charge in [0.1, 0.15) is 0 Å². The minimum absolute atomic E-state index is 0.0690. The zero-order chi connectivity index (χ0) is 21.0. The highest BCUT2D eigenvalue weighted by atomic mass is 32.2. The van der Waals surface area contributed by atoms with Gasteiger partial charge in [0.05, 0.1) is 24.3 Å². The molecule has 0 aliphatic rings. The molecule has 0 aliphatic carbocycles. The van der Waals surface area contributed by atoms with E-state index in [4.69, 9.17) is 0 Å². The van der Waals surface area contributed by atoms with Crippen LogP contribution in [0.25, 0.3) is 0 Å². The summed E-state index contributed by atoms with van der Waals surface area (Å²) in [6.45, 7) is 8.63. The minimum atomic E-state index is -0.0899. The molecule has 3 aromatic rings. The summed E-state index contributed by atoms with van der Waals surface area (Å²) in [5.41, 5.74) is 7.24. The Labute approximate surface area is 176 Å². The number of hydrogen-bond donors (Lipinski definition) is 2. The first-order chi connectivity index (χ1) is 13.9. The van der Waals surface area contributed by atoms with Gasteiger partial charge in [-0.3, -0.25) is 4.79 Å². The standard InChI is InChI=1S/C23H27N3O2S/c1-15-5-7-19(8-6-15)12-26-20(13-27)11-24-23(26)29-14-21(28)25-22-17(3)9-16(2)10-18(22)4/h5-11,27H,12-14H2,1-4H3,(H,25,28). The van der Waals surface area contributed by atoms with Gasteiger partial charge in [0, 0.05) is 12.2 Å². The molecule has 0 atom stereocenters. The second-order valence-corrected chi connectivity index (χ2v) is 8.32. The number of nitrogens with zero attached hydrogens (tertiary/aromatic N) is 2. The van der Waals surface area contributed by atoms with Gasteiger partial charge in [0.2, 0.25) is 5.91 Å². The van der Waals surface area contributed by atoms with Crippen molar-refractivity contribution in [2.45, 2.75) is 46.0 Å². The van der Waals surface area contributed by atoms with Gasteiger partial charge >= 0.3 is 0 Å². The molecule has 152 valence electrons. The first-order valence-corrected chi connectivity index (χ1v) is 10.6. The Morgan fingerprint density at radius 1 is 1.07 bits per heavy atom. The van der Waals surface area contributed by atoms with Gasteiger partial charge in [-0.1, -0.05) is 59.3 Å². The molecule has 2 N–H and O–H groups in total. The molecule has 0 unspecified atom stereocenters. The normalized spacial score (nSPS) is 10.9. The molecule has 0 saturated heterocycles. The van der Waals surface area contributed by atoms with E-state index >= 15 is 0 Å². The first kappa shape index (κ1) is 21.1. The third-order valence-electron chi connectivity index (χ3n) is 4.80. The third kappa shape index (κ3) is 5.28. The smallest absolute Gasteiger partial charge is 0.234 e. The number of rotatable bonds is 7. The number of benzene rings is 2. The lowest BCUT2D eigenvalue weighted by Crippen LogP contribution is -2.16. The number of amides is 1. The molecule has 5 nitrogen and oxygen atoms in total. The average molecular weight is 410 g/mol. The average Bonchev–Trinajstić information content (AvgIpc) is 3.06. The Bertz CT molecular complexity index is 986. The number of aliphatic hydroxyl groups is 1. The molecular weight excluding hydrogens is 382 g/mol. The molecule has 0 radical (unpaired) electrons. The number of carbonyl (C=O) groups excluding carboxylic acids is 1. The Morgan fingerprint density at radius 2 is 1.72 bits per heavy atom. The largest absolute Gasteiger partial charge is 0.390 e. The quantitative estimate of drug-likeness (QED) is 0.568. The zero-order valence-electron chi connectivity index (χ0n) is 17.3. The van der Waals surface area contributed by atoms with Crippen molar-refractivity contribution in [1.82, 2.24) is 9.55 Å². The summed E-state index contributed by atoms with van der Waals surface area (Å²) in [6, 6.07) is 12.4. The molecule has 0 aliphatic heterocycles. The Hall–Kier alpha value is -2.57. The van der Waals surface area contributed by atoms with Crippen LogP contribution in [0.4, 0.5) is 5.69 Å². The number of thioether (sulfide) groups is 1. The van der Waals surface area contributed by atoms with Crippen LogP contribution >= 0.6 is 11.8 Å². The van der Waals surface area contributed by atoms with Crippen molar-refractivity contribution in [2.24, 2.45) is 0 Å². The van der Waals surface area contributed by atoms with Crippen molar-refractivity contribution < 1.29 is 9.90 Å². The van der Waals surface area contributed by atoms with Crippen LogP contribution in [0.2, 0.25) is 0 Å². The monoisotopic (exact) mass is 409 g/mol. The van der Waals surface area contributed by atoms with Crippen LogP contribution in [0, 0.1) is 27.7 Å². The van der Waals surface area contributed by atoms with E-state index in [1.54, 1.807) is 6.20 Å². The molecule has 0 spiro atoms. The lowest BCUT2D eigenvalue weighted by atomic mass is 10.1. The van der Waals surface area contributed by atoms with E-state index in [1.165, 1.54) is 22.9 Å². The summed E-state index contributed by atoms with van der Waals surface area (Å²) in [5.74, 6) is 0.184. The van der Waals surface area contributed by atoms with Crippen molar-refractivity contribution in [1.29, 1.82) is 0 Å². The van der Waals surface area contributed by atoms with Gasteiger partial charge in [-0.15, -0.1) is 0 Å². The van der Waals surface area contributed by atoms with Crippen LogP contribution in [-0.4, -0.2) is 26.3 Å². The summed E-state index contributed by atoms with van der Waals surface area (Å²) in [7, 11) is 0. The van der Waals surface area contributed by atoms with Gasteiger partial charge in [-0.25, -0.2) is 4.98 Å². The van der Waals surface area contributed by atoms with Crippen LogP contribution in [0.3, 0.4) is 0 Å². The number of aliphatic hydroxyl groups excluding tert-OH is 1. The summed E-state index contributed by atoms with van der Waals surface area (Å²) in [6.07, 6.45) is 1.67. The second kappa shape index (κ2) is 9.29. The fourth-order valence-corrected chi connectivity index (χ4v) is 4.16. The molecule has 6 heteroatoms. The lowest BCUT2D eigenvalue weighted by Gasteiger charge is -2.13. The highest BCUT2D eigenvalue weighted by Crippen LogP contribution is 2.24. The van der Waals surface area contributed by atoms with Crippen molar-refractivity contribution in [2.75, 3.05) is 11.1 Å². The fraction of sp³-hybridized carbons (Fsp3) is 0.304. The molecule has 1 heterocycles. The molecule has 2 aromatic carbocycles. The van der Waals surface area contributed by atoms with Crippen molar-refractivity contribution in [3.63, 3.8) is 0 Å². The molecule has 1 amide bonds. The number of imidazole rings is 1. The van der Waals surface area contributed by atoms with E-state index in [-0.39, 0.29) is 18.3 Å². The number of anilines is 1. The molecular formula is C23H27N3O2S. The number of hydrogen-bond acceptors (Lipinski definition) is 4. The van der Waals surface area contributed by atoms with Crippen LogP contribution in [-0.2, 0) is 17.9 Å². The van der Waals surface area contributed by atoms with E-state index < -0.39 is 0 Å². The molecule has 0 fully saturated rings. The SMILES string of the molecule is Cc1ccc(Cn2c(CO)cnc2SCC(=O)Nc2c(C)cc(C)cc2C)cc1. The van der Waals surface area contributed by atoms with Gasteiger partial charge in [0.25, 0.3) is 0 Å². The Morgan fingerprint density at radius 3 is 2.34 bits per heavy atom. The summed E-state index contributed by atoms with van der Waals surface area (Å²) >= 11 is 1.38. The van der Waals surface area contributed by atoms with Crippen molar-refractivity contribution in [3.05, 3.63) is 76.1 Å². The number of aryl methyl sites for hydroxylation is 4. The highest BCUT2D eigenvalue weighted by Gasteiger charge is 2.14.